The number of hydrogen-bond donors (Lipinski definition) is 2. The minimum absolute atomic E-state index is 0.129. The molecule has 0 aliphatic carbocycles. The summed E-state index contributed by atoms with van der Waals surface area (Å²) in [6, 6.07) is 2.37. The van der Waals surface area contributed by atoms with Crippen LogP contribution in [0.15, 0.2) is 18.2 Å². The average molecular weight is 283 g/mol. The van der Waals surface area contributed by atoms with E-state index in [1.807, 2.05) is 0 Å². The smallest absolute Gasteiger partial charge is 0.254 e. The topological polar surface area (TPSA) is 75.4 Å². The molecule has 2 amide bonds. The van der Waals surface area contributed by atoms with Crippen LogP contribution in [0.1, 0.15) is 16.8 Å². The van der Waals surface area contributed by atoms with Gasteiger partial charge in [0, 0.05) is 24.2 Å². The van der Waals surface area contributed by atoms with Crippen molar-refractivity contribution < 1.29 is 18.4 Å². The van der Waals surface area contributed by atoms with Crippen LogP contribution in [0.3, 0.4) is 0 Å². The number of nitrogens with one attached hydrogen (secondary N) is 1. The molecule has 1 heterocycles. The molecule has 1 aromatic rings. The summed E-state index contributed by atoms with van der Waals surface area (Å²) < 4.78 is 26.4. The van der Waals surface area contributed by atoms with Gasteiger partial charge in [-0.05, 0) is 25.1 Å². The first-order valence-corrected chi connectivity index (χ1v) is 6.23. The van der Waals surface area contributed by atoms with Gasteiger partial charge >= 0.3 is 0 Å². The lowest BCUT2D eigenvalue weighted by atomic mass is 10.1. The molecule has 0 aromatic heterocycles. The van der Waals surface area contributed by atoms with E-state index in [1.54, 1.807) is 0 Å². The molecule has 2 rings (SSSR count). The number of nitrogens with two attached hydrogens (primary N) is 1. The molecule has 7 heteroatoms. The van der Waals surface area contributed by atoms with Crippen LogP contribution in [0.25, 0.3) is 0 Å². The van der Waals surface area contributed by atoms with Crippen molar-refractivity contribution in [3.8, 4) is 0 Å². The number of primary amides is 1. The van der Waals surface area contributed by atoms with Crippen molar-refractivity contribution in [2.75, 3.05) is 19.6 Å². The highest BCUT2D eigenvalue weighted by atomic mass is 19.1. The van der Waals surface area contributed by atoms with Crippen molar-refractivity contribution >= 4 is 11.8 Å². The lowest BCUT2D eigenvalue weighted by molar-refractivity contribution is -0.119. The molecule has 1 aromatic carbocycles. The van der Waals surface area contributed by atoms with E-state index in [0.717, 1.165) is 12.1 Å². The highest BCUT2D eigenvalue weighted by molar-refractivity contribution is 5.96. The molecule has 0 saturated carbocycles. The quantitative estimate of drug-likeness (QED) is 0.832. The second kappa shape index (κ2) is 5.96. The van der Waals surface area contributed by atoms with Crippen LogP contribution in [0.5, 0.6) is 0 Å². The van der Waals surface area contributed by atoms with Gasteiger partial charge in [0.1, 0.15) is 11.6 Å². The fourth-order valence-corrected chi connectivity index (χ4v) is 2.28. The molecule has 3 N–H and O–H groups in total. The van der Waals surface area contributed by atoms with Gasteiger partial charge in [-0.3, -0.25) is 9.59 Å². The summed E-state index contributed by atoms with van der Waals surface area (Å²) in [6.45, 7) is 0.963. The van der Waals surface area contributed by atoms with Gasteiger partial charge < -0.3 is 16.0 Å². The predicted molar refractivity (Wildman–Crippen MR) is 67.9 cm³/mol. The zero-order chi connectivity index (χ0) is 14.7. The highest BCUT2D eigenvalue weighted by Gasteiger charge is 2.28. The number of nitrogens with zero attached hydrogens (tertiary/aromatic N) is 1. The van der Waals surface area contributed by atoms with Crippen molar-refractivity contribution in [3.63, 3.8) is 0 Å². The van der Waals surface area contributed by atoms with Crippen molar-refractivity contribution in [3.05, 3.63) is 35.4 Å². The minimum atomic E-state index is -0.836. The van der Waals surface area contributed by atoms with Crippen LogP contribution in [-0.2, 0) is 4.79 Å². The van der Waals surface area contributed by atoms with Gasteiger partial charge in [-0.1, -0.05) is 0 Å². The average Bonchev–Trinajstić information content (AvgIpc) is 2.87. The maximum atomic E-state index is 13.2. The van der Waals surface area contributed by atoms with E-state index in [2.05, 4.69) is 5.32 Å². The Morgan fingerprint density at radius 1 is 1.30 bits per heavy atom. The number of rotatable bonds is 4. The van der Waals surface area contributed by atoms with E-state index in [-0.39, 0.29) is 18.2 Å². The number of hydrogen-bond acceptors (Lipinski definition) is 3. The van der Waals surface area contributed by atoms with Gasteiger partial charge in [0.05, 0.1) is 6.54 Å². The Morgan fingerprint density at radius 3 is 2.45 bits per heavy atom. The zero-order valence-electron chi connectivity index (χ0n) is 10.7. The van der Waals surface area contributed by atoms with Gasteiger partial charge in [-0.25, -0.2) is 8.78 Å². The van der Waals surface area contributed by atoms with Gasteiger partial charge in [0.2, 0.25) is 5.91 Å². The number of benzene rings is 1. The molecular formula is C13H15F2N3O2. The number of amides is 2. The lowest BCUT2D eigenvalue weighted by Gasteiger charge is -2.27. The Kier molecular flexibility index (Phi) is 4.29. The van der Waals surface area contributed by atoms with Gasteiger partial charge in [-0.15, -0.1) is 0 Å². The third-order valence-electron chi connectivity index (χ3n) is 3.17. The molecule has 1 unspecified atom stereocenters. The van der Waals surface area contributed by atoms with E-state index >= 15 is 0 Å². The Labute approximate surface area is 114 Å². The summed E-state index contributed by atoms with van der Waals surface area (Å²) in [5.74, 6) is -2.94. The van der Waals surface area contributed by atoms with Crippen molar-refractivity contribution in [1.82, 2.24) is 10.2 Å². The largest absolute Gasteiger partial charge is 0.368 e. The molecule has 0 radical (unpaired) electrons. The molecule has 108 valence electrons. The Morgan fingerprint density at radius 2 is 1.95 bits per heavy atom. The molecule has 1 aliphatic heterocycles. The summed E-state index contributed by atoms with van der Waals surface area (Å²) in [6.07, 6.45) is 0.664. The van der Waals surface area contributed by atoms with Gasteiger partial charge in [0.15, 0.2) is 0 Å². The van der Waals surface area contributed by atoms with E-state index < -0.39 is 23.4 Å². The maximum absolute atomic E-state index is 13.2. The second-order valence-electron chi connectivity index (χ2n) is 4.70. The molecule has 0 spiro atoms. The third-order valence-corrected chi connectivity index (χ3v) is 3.17. The fourth-order valence-electron chi connectivity index (χ4n) is 2.28. The zero-order valence-corrected chi connectivity index (χ0v) is 10.7. The molecule has 1 atom stereocenters. The van der Waals surface area contributed by atoms with Crippen LogP contribution < -0.4 is 11.1 Å². The van der Waals surface area contributed by atoms with Gasteiger partial charge in [-0.2, -0.15) is 0 Å². The summed E-state index contributed by atoms with van der Waals surface area (Å²) in [7, 11) is 0. The van der Waals surface area contributed by atoms with E-state index in [4.69, 9.17) is 5.73 Å². The molecular weight excluding hydrogens is 268 g/mol. The lowest BCUT2D eigenvalue weighted by Crippen LogP contribution is -2.46. The standard InChI is InChI=1S/C13H15F2N3O2/c14-9-3-8(4-10(15)5-9)13(20)18(7-12(16)19)11-1-2-17-6-11/h3-5,11,17H,1-2,6-7H2,(H2,16,19). The first-order valence-electron chi connectivity index (χ1n) is 6.23. The van der Waals surface area contributed by atoms with E-state index in [1.165, 1.54) is 4.90 Å². The fraction of sp³-hybridized carbons (Fsp3) is 0.385. The molecule has 5 nitrogen and oxygen atoms in total. The Hall–Kier alpha value is -2.02. The maximum Gasteiger partial charge on any atom is 0.254 e. The SMILES string of the molecule is NC(=O)CN(C(=O)c1cc(F)cc(F)c1)C1CCNC1. The van der Waals surface area contributed by atoms with Crippen LogP contribution >= 0.6 is 0 Å². The number of carbonyl (C=O) groups is 2. The summed E-state index contributed by atoms with van der Waals surface area (Å²) >= 11 is 0. The summed E-state index contributed by atoms with van der Waals surface area (Å²) in [4.78, 5) is 24.7. The van der Waals surface area contributed by atoms with E-state index in [9.17, 15) is 18.4 Å². The normalized spacial score (nSPS) is 18.0. The van der Waals surface area contributed by atoms with E-state index in [0.29, 0.717) is 25.6 Å². The Balaban J connectivity index is 2.26. The first kappa shape index (κ1) is 14.4. The summed E-state index contributed by atoms with van der Waals surface area (Å²) in [5, 5.41) is 3.06. The molecule has 1 fully saturated rings. The molecule has 1 saturated heterocycles. The monoisotopic (exact) mass is 283 g/mol. The van der Waals surface area contributed by atoms with Crippen molar-refractivity contribution in [2.45, 2.75) is 12.5 Å². The van der Waals surface area contributed by atoms with Gasteiger partial charge in [0.25, 0.3) is 5.91 Å². The highest BCUT2D eigenvalue weighted by Crippen LogP contribution is 2.15. The third kappa shape index (κ3) is 3.30. The summed E-state index contributed by atoms with van der Waals surface area (Å²) in [5.41, 5.74) is 5.01. The number of carbonyl (C=O) groups excluding carboxylic acids is 2. The first-order chi connectivity index (χ1) is 9.47. The van der Waals surface area contributed by atoms with Crippen molar-refractivity contribution in [2.24, 2.45) is 5.73 Å². The Bertz CT molecular complexity index is 510. The minimum Gasteiger partial charge on any atom is -0.368 e. The predicted octanol–water partition coefficient (Wildman–Crippen LogP) is 0.254. The molecule has 1 aliphatic rings. The van der Waals surface area contributed by atoms with Crippen LogP contribution in [-0.4, -0.2) is 42.4 Å². The molecule has 0 bridgehead atoms. The van der Waals surface area contributed by atoms with Crippen LogP contribution in [0.2, 0.25) is 0 Å². The number of halogens is 2. The van der Waals surface area contributed by atoms with Crippen LogP contribution in [0, 0.1) is 11.6 Å². The van der Waals surface area contributed by atoms with Crippen LogP contribution in [0.4, 0.5) is 8.78 Å². The van der Waals surface area contributed by atoms with Crippen molar-refractivity contribution in [1.29, 1.82) is 0 Å². The second-order valence-corrected chi connectivity index (χ2v) is 4.70. The molecule has 20 heavy (non-hydrogen) atoms.